The highest BCUT2D eigenvalue weighted by Gasteiger charge is 2.00. The van der Waals surface area contributed by atoms with E-state index in [9.17, 15) is 0 Å². The number of halogens is 1. The first-order chi connectivity index (χ1) is 7.78. The number of benzene rings is 1. The van der Waals surface area contributed by atoms with Crippen molar-refractivity contribution in [3.8, 4) is 11.6 Å². The molecule has 5 heteroatoms. The molecular formula is C11H9ClN2OS. The fourth-order valence-electron chi connectivity index (χ4n) is 1.14. The van der Waals surface area contributed by atoms with Gasteiger partial charge in [-0.2, -0.15) is 0 Å². The van der Waals surface area contributed by atoms with Crippen LogP contribution in [0, 0.1) is 0 Å². The summed E-state index contributed by atoms with van der Waals surface area (Å²) in [6, 6.07) is 9.33. The van der Waals surface area contributed by atoms with Crippen LogP contribution in [0.5, 0.6) is 11.6 Å². The Morgan fingerprint density at radius 1 is 1.19 bits per heavy atom. The van der Waals surface area contributed by atoms with Gasteiger partial charge in [-0.05, 0) is 30.5 Å². The van der Waals surface area contributed by atoms with Crippen LogP contribution in [0.25, 0.3) is 0 Å². The average Bonchev–Trinajstić information content (AvgIpc) is 2.30. The molecule has 1 heterocycles. The SMILES string of the molecule is CSc1ccc(Oc2cc(Cl)ncn2)cc1. The largest absolute Gasteiger partial charge is 0.439 e. The molecule has 16 heavy (non-hydrogen) atoms. The minimum Gasteiger partial charge on any atom is -0.439 e. The first-order valence-electron chi connectivity index (χ1n) is 4.57. The molecule has 0 aliphatic rings. The topological polar surface area (TPSA) is 35.0 Å². The summed E-state index contributed by atoms with van der Waals surface area (Å²) in [7, 11) is 0. The molecule has 0 unspecified atom stereocenters. The predicted octanol–water partition coefficient (Wildman–Crippen LogP) is 3.64. The van der Waals surface area contributed by atoms with E-state index in [1.807, 2.05) is 30.5 Å². The first kappa shape index (κ1) is 11.2. The van der Waals surface area contributed by atoms with Crippen LogP contribution in [0.1, 0.15) is 0 Å². The molecule has 0 aliphatic heterocycles. The van der Waals surface area contributed by atoms with Crippen LogP contribution in [-0.2, 0) is 0 Å². The van der Waals surface area contributed by atoms with Gasteiger partial charge in [0.25, 0.3) is 0 Å². The lowest BCUT2D eigenvalue weighted by Gasteiger charge is -2.04. The second kappa shape index (κ2) is 5.18. The van der Waals surface area contributed by atoms with Crippen LogP contribution >= 0.6 is 23.4 Å². The van der Waals surface area contributed by atoms with Gasteiger partial charge in [0.15, 0.2) is 0 Å². The van der Waals surface area contributed by atoms with E-state index < -0.39 is 0 Å². The molecule has 3 nitrogen and oxygen atoms in total. The number of ether oxygens (including phenoxy) is 1. The molecule has 1 aromatic carbocycles. The van der Waals surface area contributed by atoms with Gasteiger partial charge < -0.3 is 4.74 Å². The summed E-state index contributed by atoms with van der Waals surface area (Å²) in [6.07, 6.45) is 3.40. The van der Waals surface area contributed by atoms with Gasteiger partial charge in [0.1, 0.15) is 17.2 Å². The lowest BCUT2D eigenvalue weighted by atomic mass is 10.3. The third-order valence-electron chi connectivity index (χ3n) is 1.89. The maximum absolute atomic E-state index is 5.72. The van der Waals surface area contributed by atoms with Gasteiger partial charge in [-0.25, -0.2) is 9.97 Å². The smallest absolute Gasteiger partial charge is 0.223 e. The monoisotopic (exact) mass is 252 g/mol. The van der Waals surface area contributed by atoms with E-state index in [0.717, 1.165) is 5.75 Å². The zero-order valence-electron chi connectivity index (χ0n) is 8.55. The minimum absolute atomic E-state index is 0.366. The van der Waals surface area contributed by atoms with Crippen molar-refractivity contribution in [2.75, 3.05) is 6.26 Å². The van der Waals surface area contributed by atoms with Crippen LogP contribution in [-0.4, -0.2) is 16.2 Å². The van der Waals surface area contributed by atoms with E-state index in [1.54, 1.807) is 17.8 Å². The molecule has 0 saturated carbocycles. The quantitative estimate of drug-likeness (QED) is 0.617. The highest BCUT2D eigenvalue weighted by Crippen LogP contribution is 2.23. The maximum Gasteiger partial charge on any atom is 0.223 e. The number of hydrogen-bond donors (Lipinski definition) is 0. The Hall–Kier alpha value is -1.26. The lowest BCUT2D eigenvalue weighted by molar-refractivity contribution is 0.461. The zero-order chi connectivity index (χ0) is 11.4. The Labute approximate surface area is 103 Å². The summed E-state index contributed by atoms with van der Waals surface area (Å²) in [4.78, 5) is 8.92. The summed E-state index contributed by atoms with van der Waals surface area (Å²) >= 11 is 7.41. The van der Waals surface area contributed by atoms with E-state index in [1.165, 1.54) is 11.2 Å². The van der Waals surface area contributed by atoms with Crippen molar-refractivity contribution in [1.29, 1.82) is 0 Å². The Bertz CT molecular complexity index is 476. The first-order valence-corrected chi connectivity index (χ1v) is 6.17. The number of aromatic nitrogens is 2. The molecule has 0 fully saturated rings. The Morgan fingerprint density at radius 2 is 1.94 bits per heavy atom. The van der Waals surface area contributed by atoms with E-state index in [2.05, 4.69) is 9.97 Å². The molecule has 0 saturated heterocycles. The molecule has 82 valence electrons. The molecule has 0 N–H and O–H groups in total. The van der Waals surface area contributed by atoms with Gasteiger partial charge in [-0.15, -0.1) is 11.8 Å². The highest BCUT2D eigenvalue weighted by atomic mass is 35.5. The third kappa shape index (κ3) is 2.87. The molecule has 0 aliphatic carbocycles. The second-order valence-electron chi connectivity index (χ2n) is 2.96. The molecule has 1 aromatic heterocycles. The van der Waals surface area contributed by atoms with Crippen LogP contribution in [0.4, 0.5) is 0 Å². The number of nitrogens with zero attached hydrogens (tertiary/aromatic N) is 2. The predicted molar refractivity (Wildman–Crippen MR) is 65.3 cm³/mol. The third-order valence-corrected chi connectivity index (χ3v) is 2.84. The average molecular weight is 253 g/mol. The van der Waals surface area contributed by atoms with Crippen LogP contribution in [0.2, 0.25) is 5.15 Å². The van der Waals surface area contributed by atoms with Crippen molar-refractivity contribution in [2.24, 2.45) is 0 Å². The second-order valence-corrected chi connectivity index (χ2v) is 4.22. The Kier molecular flexibility index (Phi) is 3.64. The zero-order valence-corrected chi connectivity index (χ0v) is 10.1. The van der Waals surface area contributed by atoms with E-state index in [-0.39, 0.29) is 0 Å². The van der Waals surface area contributed by atoms with Crippen molar-refractivity contribution in [2.45, 2.75) is 4.90 Å². The normalized spacial score (nSPS) is 10.1. The highest BCUT2D eigenvalue weighted by molar-refractivity contribution is 7.98. The molecular weight excluding hydrogens is 244 g/mol. The van der Waals surface area contributed by atoms with Crippen molar-refractivity contribution in [3.05, 3.63) is 41.8 Å². The van der Waals surface area contributed by atoms with Crippen molar-refractivity contribution in [3.63, 3.8) is 0 Å². The van der Waals surface area contributed by atoms with Gasteiger partial charge in [-0.3, -0.25) is 0 Å². The van der Waals surface area contributed by atoms with Crippen LogP contribution in [0.3, 0.4) is 0 Å². The summed E-state index contributed by atoms with van der Waals surface area (Å²) in [5.41, 5.74) is 0. The lowest BCUT2D eigenvalue weighted by Crippen LogP contribution is -1.88. The molecule has 0 amide bonds. The minimum atomic E-state index is 0.366. The van der Waals surface area contributed by atoms with Gasteiger partial charge in [0, 0.05) is 11.0 Å². The standard InChI is InChI=1S/C11H9ClN2OS/c1-16-9-4-2-8(3-5-9)15-11-6-10(12)13-7-14-11/h2-7H,1H3. The van der Waals surface area contributed by atoms with Gasteiger partial charge in [0.05, 0.1) is 0 Å². The van der Waals surface area contributed by atoms with Crippen molar-refractivity contribution < 1.29 is 4.74 Å². The molecule has 0 atom stereocenters. The summed E-state index contributed by atoms with van der Waals surface area (Å²) in [6.45, 7) is 0. The fourth-order valence-corrected chi connectivity index (χ4v) is 1.68. The van der Waals surface area contributed by atoms with E-state index >= 15 is 0 Å². The summed E-state index contributed by atoms with van der Waals surface area (Å²) in [5, 5.41) is 0.366. The van der Waals surface area contributed by atoms with Gasteiger partial charge in [-0.1, -0.05) is 11.6 Å². The van der Waals surface area contributed by atoms with Crippen LogP contribution < -0.4 is 4.74 Å². The van der Waals surface area contributed by atoms with Crippen molar-refractivity contribution >= 4 is 23.4 Å². The number of thioether (sulfide) groups is 1. The Morgan fingerprint density at radius 3 is 2.56 bits per heavy atom. The number of rotatable bonds is 3. The van der Waals surface area contributed by atoms with Crippen LogP contribution in [0.15, 0.2) is 41.6 Å². The van der Waals surface area contributed by atoms with E-state index in [4.69, 9.17) is 16.3 Å². The van der Waals surface area contributed by atoms with Gasteiger partial charge in [0.2, 0.25) is 5.88 Å². The fraction of sp³-hybridized carbons (Fsp3) is 0.0909. The van der Waals surface area contributed by atoms with E-state index in [0.29, 0.717) is 11.0 Å². The molecule has 2 aromatic rings. The Balaban J connectivity index is 2.14. The molecule has 0 radical (unpaired) electrons. The summed E-state index contributed by atoms with van der Waals surface area (Å²) < 4.78 is 5.51. The molecule has 0 bridgehead atoms. The number of hydrogen-bond acceptors (Lipinski definition) is 4. The van der Waals surface area contributed by atoms with Crippen molar-refractivity contribution in [1.82, 2.24) is 9.97 Å². The summed E-state index contributed by atoms with van der Waals surface area (Å²) in [5.74, 6) is 1.17. The maximum atomic E-state index is 5.72. The molecule has 0 spiro atoms. The molecule has 2 rings (SSSR count). The van der Waals surface area contributed by atoms with Gasteiger partial charge >= 0.3 is 0 Å².